The van der Waals surface area contributed by atoms with E-state index in [1.807, 2.05) is 48.5 Å². The lowest BCUT2D eigenvalue weighted by atomic mass is 10.2. The molecule has 104 valence electrons. The van der Waals surface area contributed by atoms with Crippen LogP contribution in [0.4, 0.5) is 5.69 Å². The zero-order valence-corrected chi connectivity index (χ0v) is 12.2. The minimum Gasteiger partial charge on any atom is -0.290 e. The Morgan fingerprint density at radius 3 is 2.71 bits per heavy atom. The Morgan fingerprint density at radius 1 is 1.19 bits per heavy atom. The molecule has 5 heteroatoms. The van der Waals surface area contributed by atoms with Crippen LogP contribution in [0.2, 0.25) is 0 Å². The van der Waals surface area contributed by atoms with Crippen molar-refractivity contribution in [3.63, 3.8) is 0 Å². The lowest BCUT2D eigenvalue weighted by molar-refractivity contribution is -0.121. The monoisotopic (exact) mass is 295 g/mol. The van der Waals surface area contributed by atoms with E-state index in [4.69, 9.17) is 0 Å². The molecular weight excluding hydrogens is 282 g/mol. The van der Waals surface area contributed by atoms with Gasteiger partial charge in [0.15, 0.2) is 5.17 Å². The largest absolute Gasteiger partial charge is 0.290 e. The molecule has 0 radical (unpaired) electrons. The van der Waals surface area contributed by atoms with Gasteiger partial charge >= 0.3 is 0 Å². The number of nitrogens with zero attached hydrogens (tertiary/aromatic N) is 3. The number of likely N-dealkylation sites (N-methyl/N-ethyl adjacent to an activating group) is 1. The van der Waals surface area contributed by atoms with Gasteiger partial charge in [-0.2, -0.15) is 0 Å². The van der Waals surface area contributed by atoms with Crippen LogP contribution in [0.15, 0.2) is 64.8 Å². The molecule has 21 heavy (non-hydrogen) atoms. The van der Waals surface area contributed by atoms with Crippen molar-refractivity contribution < 1.29 is 4.79 Å². The number of hydrogen-bond donors (Lipinski definition) is 0. The van der Waals surface area contributed by atoms with Crippen LogP contribution in [0.25, 0.3) is 6.08 Å². The number of carbonyl (C=O) groups is 1. The Labute approximate surface area is 127 Å². The lowest BCUT2D eigenvalue weighted by Gasteiger charge is -2.06. The number of amidine groups is 1. The average molecular weight is 295 g/mol. The van der Waals surface area contributed by atoms with E-state index < -0.39 is 0 Å². The highest BCUT2D eigenvalue weighted by atomic mass is 32.2. The van der Waals surface area contributed by atoms with Crippen LogP contribution in [-0.4, -0.2) is 28.0 Å². The van der Waals surface area contributed by atoms with Crippen LogP contribution in [0, 0.1) is 0 Å². The third kappa shape index (κ3) is 3.03. The van der Waals surface area contributed by atoms with Gasteiger partial charge in [0.2, 0.25) is 0 Å². The maximum Gasteiger partial charge on any atom is 0.266 e. The van der Waals surface area contributed by atoms with Crippen LogP contribution in [0.1, 0.15) is 5.56 Å². The van der Waals surface area contributed by atoms with Crippen molar-refractivity contribution >= 4 is 34.6 Å². The predicted octanol–water partition coefficient (Wildman–Crippen LogP) is 3.32. The van der Waals surface area contributed by atoms with Crippen molar-refractivity contribution in [2.24, 2.45) is 4.99 Å². The van der Waals surface area contributed by atoms with Gasteiger partial charge in [0.1, 0.15) is 0 Å². The molecule has 0 N–H and O–H groups in total. The summed E-state index contributed by atoms with van der Waals surface area (Å²) in [6.07, 6.45) is 5.25. The first-order valence-corrected chi connectivity index (χ1v) is 7.27. The Bertz CT molecular complexity index is 711. The Kier molecular flexibility index (Phi) is 3.83. The maximum atomic E-state index is 12.3. The maximum absolute atomic E-state index is 12.3. The lowest BCUT2D eigenvalue weighted by Crippen LogP contribution is -2.23. The van der Waals surface area contributed by atoms with Gasteiger partial charge in [-0.05, 0) is 35.5 Å². The molecule has 1 saturated heterocycles. The number of benzene rings is 1. The van der Waals surface area contributed by atoms with Crippen molar-refractivity contribution in [2.45, 2.75) is 0 Å². The number of aliphatic imine (C=N–C) groups is 1. The van der Waals surface area contributed by atoms with E-state index in [0.717, 1.165) is 11.3 Å². The number of pyridine rings is 1. The molecule has 0 bridgehead atoms. The number of carbonyl (C=O) groups excluding carboxylic acids is 1. The summed E-state index contributed by atoms with van der Waals surface area (Å²) in [7, 11) is 1.73. The van der Waals surface area contributed by atoms with Gasteiger partial charge in [0.05, 0.1) is 16.8 Å². The third-order valence-electron chi connectivity index (χ3n) is 2.97. The Balaban J connectivity index is 1.89. The summed E-state index contributed by atoms with van der Waals surface area (Å²) in [4.78, 5) is 23.0. The fourth-order valence-corrected chi connectivity index (χ4v) is 2.87. The predicted molar refractivity (Wildman–Crippen MR) is 86.1 cm³/mol. The van der Waals surface area contributed by atoms with Crippen molar-refractivity contribution in [2.75, 3.05) is 7.05 Å². The first-order chi connectivity index (χ1) is 10.2. The van der Waals surface area contributed by atoms with Gasteiger partial charge in [0.25, 0.3) is 5.91 Å². The topological polar surface area (TPSA) is 45.6 Å². The average Bonchev–Trinajstić information content (AvgIpc) is 2.78. The minimum atomic E-state index is -0.0357. The van der Waals surface area contributed by atoms with Crippen LogP contribution >= 0.6 is 11.8 Å². The van der Waals surface area contributed by atoms with Crippen molar-refractivity contribution in [3.05, 3.63) is 65.3 Å². The van der Waals surface area contributed by atoms with E-state index in [1.54, 1.807) is 24.3 Å². The third-order valence-corrected chi connectivity index (χ3v) is 4.03. The van der Waals surface area contributed by atoms with Crippen LogP contribution in [0.3, 0.4) is 0 Å². The molecule has 1 fully saturated rings. The van der Waals surface area contributed by atoms with Gasteiger partial charge in [-0.15, -0.1) is 0 Å². The molecule has 0 unspecified atom stereocenters. The molecule has 0 aliphatic carbocycles. The summed E-state index contributed by atoms with van der Waals surface area (Å²) in [6.45, 7) is 0. The zero-order chi connectivity index (χ0) is 14.7. The highest BCUT2D eigenvalue weighted by Gasteiger charge is 2.30. The van der Waals surface area contributed by atoms with Crippen molar-refractivity contribution in [1.29, 1.82) is 0 Å². The molecule has 3 rings (SSSR count). The first kappa shape index (κ1) is 13.6. The summed E-state index contributed by atoms with van der Waals surface area (Å²) in [5.74, 6) is -0.0357. The zero-order valence-electron chi connectivity index (χ0n) is 11.4. The molecule has 2 heterocycles. The Hall–Kier alpha value is -2.40. The second-order valence-electron chi connectivity index (χ2n) is 4.49. The number of rotatable bonds is 2. The van der Waals surface area contributed by atoms with Gasteiger partial charge in [-0.3, -0.25) is 14.7 Å². The SMILES string of the molecule is CN1C(=O)/C(=C/c2ccccc2)SC1=Nc1cccnc1. The molecule has 4 nitrogen and oxygen atoms in total. The fraction of sp³-hybridized carbons (Fsp3) is 0.0625. The van der Waals surface area contributed by atoms with Crippen LogP contribution in [-0.2, 0) is 4.79 Å². The van der Waals surface area contributed by atoms with Crippen LogP contribution < -0.4 is 0 Å². The van der Waals surface area contributed by atoms with E-state index in [-0.39, 0.29) is 5.91 Å². The summed E-state index contributed by atoms with van der Waals surface area (Å²) < 4.78 is 0. The second kappa shape index (κ2) is 5.93. The summed E-state index contributed by atoms with van der Waals surface area (Å²) in [5.41, 5.74) is 1.74. The van der Waals surface area contributed by atoms with Gasteiger partial charge < -0.3 is 0 Å². The van der Waals surface area contributed by atoms with Gasteiger partial charge in [0, 0.05) is 13.2 Å². The molecule has 0 saturated carbocycles. The van der Waals surface area contributed by atoms with Gasteiger partial charge in [-0.25, -0.2) is 4.99 Å². The summed E-state index contributed by atoms with van der Waals surface area (Å²) in [5, 5.41) is 0.662. The number of amides is 1. The van der Waals surface area contributed by atoms with E-state index >= 15 is 0 Å². The molecule has 2 aromatic rings. The smallest absolute Gasteiger partial charge is 0.266 e. The van der Waals surface area contributed by atoms with E-state index in [2.05, 4.69) is 9.98 Å². The summed E-state index contributed by atoms with van der Waals surface area (Å²) >= 11 is 1.38. The summed E-state index contributed by atoms with van der Waals surface area (Å²) in [6, 6.07) is 13.5. The van der Waals surface area contributed by atoms with Crippen LogP contribution in [0.5, 0.6) is 0 Å². The highest BCUT2D eigenvalue weighted by Crippen LogP contribution is 2.32. The van der Waals surface area contributed by atoms with E-state index in [9.17, 15) is 4.79 Å². The minimum absolute atomic E-state index is 0.0357. The normalized spacial score (nSPS) is 18.7. The molecule has 1 aromatic heterocycles. The quantitative estimate of drug-likeness (QED) is 0.798. The molecule has 1 aliphatic rings. The number of thioether (sulfide) groups is 1. The number of hydrogen-bond acceptors (Lipinski definition) is 4. The van der Waals surface area contributed by atoms with Gasteiger partial charge in [-0.1, -0.05) is 30.3 Å². The molecule has 1 amide bonds. The van der Waals surface area contributed by atoms with E-state index in [1.165, 1.54) is 11.8 Å². The molecular formula is C16H13N3OS. The van der Waals surface area contributed by atoms with Crippen molar-refractivity contribution in [1.82, 2.24) is 9.88 Å². The van der Waals surface area contributed by atoms with Crippen molar-refractivity contribution in [3.8, 4) is 0 Å². The Morgan fingerprint density at radius 2 is 2.00 bits per heavy atom. The number of aromatic nitrogens is 1. The second-order valence-corrected chi connectivity index (χ2v) is 5.50. The molecule has 1 aliphatic heterocycles. The highest BCUT2D eigenvalue weighted by molar-refractivity contribution is 8.18. The molecule has 0 spiro atoms. The van der Waals surface area contributed by atoms with E-state index in [0.29, 0.717) is 10.1 Å². The standard InChI is InChI=1S/C16H13N3OS/c1-19-15(20)14(10-12-6-3-2-4-7-12)21-16(19)18-13-8-5-9-17-11-13/h2-11H,1H3/b14-10-,18-16?. The fourth-order valence-electron chi connectivity index (χ4n) is 1.88. The molecule has 1 aromatic carbocycles. The first-order valence-electron chi connectivity index (χ1n) is 6.45. The molecule has 0 atom stereocenters.